The molecule has 5 nitrogen and oxygen atoms in total. The van der Waals surface area contributed by atoms with E-state index in [-0.39, 0.29) is 0 Å². The van der Waals surface area contributed by atoms with E-state index in [0.29, 0.717) is 0 Å². The van der Waals surface area contributed by atoms with Crippen LogP contribution in [0.2, 0.25) is 0 Å². The third-order valence-corrected chi connectivity index (χ3v) is 13.1. The number of para-hydroxylation sites is 6. The number of furan rings is 3. The van der Waals surface area contributed by atoms with Crippen molar-refractivity contribution in [3.63, 3.8) is 0 Å². The van der Waals surface area contributed by atoms with Crippen molar-refractivity contribution in [2.75, 3.05) is 9.80 Å². The Balaban J connectivity index is 1.09. The highest BCUT2D eigenvalue weighted by atomic mass is 16.3. The molecular weight excluding hydrogens is 761 g/mol. The van der Waals surface area contributed by atoms with Crippen LogP contribution in [-0.4, -0.2) is 0 Å². The molecule has 0 saturated heterocycles. The van der Waals surface area contributed by atoms with E-state index < -0.39 is 0 Å². The van der Waals surface area contributed by atoms with Gasteiger partial charge in [-0.05, 0) is 65.9 Å². The quantitative estimate of drug-likeness (QED) is 0.178. The van der Waals surface area contributed by atoms with Gasteiger partial charge in [0.15, 0.2) is 11.2 Å². The zero-order chi connectivity index (χ0) is 40.6. The average molecular weight is 795 g/mol. The van der Waals surface area contributed by atoms with Crippen LogP contribution in [0.3, 0.4) is 0 Å². The van der Waals surface area contributed by atoms with Gasteiger partial charge in [0.1, 0.15) is 22.3 Å². The van der Waals surface area contributed by atoms with E-state index >= 15 is 0 Å². The first-order valence-electron chi connectivity index (χ1n) is 21.1. The van der Waals surface area contributed by atoms with Crippen LogP contribution in [0, 0.1) is 6.92 Å². The number of anilines is 6. The lowest BCUT2D eigenvalue weighted by atomic mass is 9.89. The molecule has 0 N–H and O–H groups in total. The Labute approximate surface area is 354 Å². The molecule has 0 atom stereocenters. The van der Waals surface area contributed by atoms with Gasteiger partial charge in [-0.15, -0.1) is 0 Å². The van der Waals surface area contributed by atoms with Crippen molar-refractivity contribution in [3.05, 3.63) is 194 Å². The standard InChI is InChI=1S/C57H34N2O3/c1-33-15-2-8-25-44(33)58(46-27-13-22-40-36-18-6-10-29-50(36)60-56(40)46)48-32-52-54(39-20-4-3-17-35(39)48)43-31-49-53-38(21-12-24-42(53)55(43)62-52)34-16-5-9-26-45(34)59(49)47-28-14-23-41-37-19-7-11-30-51(37)61-57(41)47/h2-32H,1H3. The second-order valence-corrected chi connectivity index (χ2v) is 16.4. The SMILES string of the molecule is Cc1ccccc1N(c1cc2oc3c4cccc5c4c(cc3c2c2ccccc12)N(c1cccc2c1oc1ccccc12)c1ccccc1-5)c1cccc2c1oc1ccccc12. The summed E-state index contributed by atoms with van der Waals surface area (Å²) in [4.78, 5) is 4.76. The Kier molecular flexibility index (Phi) is 6.70. The fourth-order valence-electron chi connectivity index (χ4n) is 10.4. The molecule has 1 aliphatic rings. The normalized spacial score (nSPS) is 12.6. The number of hydrogen-bond donors (Lipinski definition) is 0. The highest BCUT2D eigenvalue weighted by molar-refractivity contribution is 6.30. The monoisotopic (exact) mass is 794 g/mol. The van der Waals surface area contributed by atoms with E-state index in [1.165, 1.54) is 5.56 Å². The Morgan fingerprint density at radius 2 is 0.903 bits per heavy atom. The molecule has 0 spiro atoms. The molecule has 0 aliphatic carbocycles. The molecule has 62 heavy (non-hydrogen) atoms. The van der Waals surface area contributed by atoms with Crippen molar-refractivity contribution in [2.45, 2.75) is 6.92 Å². The number of fused-ring (bicyclic) bond motifs is 14. The van der Waals surface area contributed by atoms with Crippen LogP contribution >= 0.6 is 0 Å². The van der Waals surface area contributed by atoms with Crippen molar-refractivity contribution in [1.29, 1.82) is 0 Å². The molecule has 0 saturated carbocycles. The summed E-state index contributed by atoms with van der Waals surface area (Å²) in [7, 11) is 0. The van der Waals surface area contributed by atoms with Gasteiger partial charge in [-0.25, -0.2) is 0 Å². The minimum absolute atomic E-state index is 0.815. The summed E-state index contributed by atoms with van der Waals surface area (Å²) in [5.74, 6) is 0. The molecule has 0 unspecified atom stereocenters. The van der Waals surface area contributed by atoms with Crippen LogP contribution in [0.15, 0.2) is 201 Å². The zero-order valence-corrected chi connectivity index (χ0v) is 33.5. The maximum Gasteiger partial charge on any atom is 0.159 e. The Hall–Kier alpha value is -8.28. The van der Waals surface area contributed by atoms with Crippen molar-refractivity contribution >= 4 is 121 Å². The van der Waals surface area contributed by atoms with Crippen LogP contribution in [0.4, 0.5) is 34.1 Å². The Bertz CT molecular complexity index is 4040. The predicted octanol–water partition coefficient (Wildman–Crippen LogP) is 16.9. The minimum atomic E-state index is 0.815. The van der Waals surface area contributed by atoms with Gasteiger partial charge in [-0.2, -0.15) is 0 Å². The summed E-state index contributed by atoms with van der Waals surface area (Å²) >= 11 is 0. The maximum absolute atomic E-state index is 7.23. The lowest BCUT2D eigenvalue weighted by molar-refractivity contribution is 0.668. The molecule has 14 rings (SSSR count). The molecule has 0 fully saturated rings. The molecule has 4 heterocycles. The van der Waals surface area contributed by atoms with E-state index in [1.807, 2.05) is 18.2 Å². The summed E-state index contributed by atoms with van der Waals surface area (Å²) in [5, 5.41) is 10.9. The van der Waals surface area contributed by atoms with Gasteiger partial charge >= 0.3 is 0 Å². The van der Waals surface area contributed by atoms with Gasteiger partial charge < -0.3 is 23.1 Å². The smallest absolute Gasteiger partial charge is 0.159 e. The average Bonchev–Trinajstić information content (AvgIpc) is 4.02. The summed E-state index contributed by atoms with van der Waals surface area (Å²) < 4.78 is 20.7. The highest BCUT2D eigenvalue weighted by Crippen LogP contribution is 2.56. The summed E-state index contributed by atoms with van der Waals surface area (Å²) in [5.41, 5.74) is 14.8. The van der Waals surface area contributed by atoms with Gasteiger partial charge in [0.2, 0.25) is 0 Å². The van der Waals surface area contributed by atoms with E-state index in [0.717, 1.165) is 133 Å². The van der Waals surface area contributed by atoms with Gasteiger partial charge in [-0.3, -0.25) is 0 Å². The molecule has 0 bridgehead atoms. The summed E-state index contributed by atoms with van der Waals surface area (Å²) in [6.07, 6.45) is 0. The van der Waals surface area contributed by atoms with Crippen molar-refractivity contribution in [1.82, 2.24) is 0 Å². The molecule has 0 radical (unpaired) electrons. The number of nitrogens with zero attached hydrogens (tertiary/aromatic N) is 2. The van der Waals surface area contributed by atoms with E-state index in [2.05, 4.69) is 187 Å². The Morgan fingerprint density at radius 1 is 0.339 bits per heavy atom. The summed E-state index contributed by atoms with van der Waals surface area (Å²) in [6, 6.07) is 66.8. The van der Waals surface area contributed by atoms with Crippen LogP contribution in [0.1, 0.15) is 5.56 Å². The molecular formula is C57H34N2O3. The van der Waals surface area contributed by atoms with Gasteiger partial charge in [0, 0.05) is 65.8 Å². The lowest BCUT2D eigenvalue weighted by Crippen LogP contribution is -2.15. The van der Waals surface area contributed by atoms with Crippen molar-refractivity contribution in [2.24, 2.45) is 0 Å². The van der Waals surface area contributed by atoms with Gasteiger partial charge in [0.05, 0.1) is 28.4 Å². The Morgan fingerprint density at radius 3 is 1.73 bits per heavy atom. The van der Waals surface area contributed by atoms with Crippen molar-refractivity contribution < 1.29 is 13.3 Å². The number of benzene rings is 10. The van der Waals surface area contributed by atoms with Crippen LogP contribution in [-0.2, 0) is 0 Å². The van der Waals surface area contributed by atoms with Crippen molar-refractivity contribution in [3.8, 4) is 11.1 Å². The predicted molar refractivity (Wildman–Crippen MR) is 256 cm³/mol. The lowest BCUT2D eigenvalue weighted by Gasteiger charge is -2.33. The first-order valence-corrected chi connectivity index (χ1v) is 21.1. The van der Waals surface area contributed by atoms with Crippen LogP contribution < -0.4 is 9.80 Å². The number of rotatable bonds is 4. The maximum atomic E-state index is 7.23. The van der Waals surface area contributed by atoms with Gasteiger partial charge in [-0.1, -0.05) is 140 Å². The molecule has 5 heteroatoms. The molecule has 1 aliphatic heterocycles. The van der Waals surface area contributed by atoms with E-state index in [9.17, 15) is 0 Å². The molecule has 3 aromatic heterocycles. The molecule has 0 amide bonds. The van der Waals surface area contributed by atoms with E-state index in [4.69, 9.17) is 13.3 Å². The summed E-state index contributed by atoms with van der Waals surface area (Å²) in [6.45, 7) is 2.17. The highest BCUT2D eigenvalue weighted by Gasteiger charge is 2.31. The number of hydrogen-bond acceptors (Lipinski definition) is 5. The zero-order valence-electron chi connectivity index (χ0n) is 33.5. The number of aryl methyl sites for hydroxylation is 1. The van der Waals surface area contributed by atoms with E-state index in [1.54, 1.807) is 0 Å². The molecule has 10 aromatic carbocycles. The first kappa shape index (κ1) is 33.5. The van der Waals surface area contributed by atoms with Crippen LogP contribution in [0.5, 0.6) is 0 Å². The first-order chi connectivity index (χ1) is 30.7. The second-order valence-electron chi connectivity index (χ2n) is 16.4. The third-order valence-electron chi connectivity index (χ3n) is 13.1. The second kappa shape index (κ2) is 12.4. The minimum Gasteiger partial charge on any atom is -0.455 e. The third kappa shape index (κ3) is 4.46. The fraction of sp³-hybridized carbons (Fsp3) is 0.0175. The fourth-order valence-corrected chi connectivity index (χ4v) is 10.4. The van der Waals surface area contributed by atoms with Gasteiger partial charge in [0.25, 0.3) is 0 Å². The van der Waals surface area contributed by atoms with Crippen LogP contribution in [0.25, 0.3) is 98.5 Å². The topological polar surface area (TPSA) is 45.9 Å². The molecule has 290 valence electrons. The largest absolute Gasteiger partial charge is 0.455 e. The molecule has 13 aromatic rings.